The van der Waals surface area contributed by atoms with E-state index in [0.717, 1.165) is 12.8 Å². The lowest BCUT2D eigenvalue weighted by Gasteiger charge is -2.26. The van der Waals surface area contributed by atoms with Gasteiger partial charge in [0.2, 0.25) is 5.91 Å². The average molecular weight is 228 g/mol. The smallest absolute Gasteiger partial charge is 0.410 e. The van der Waals surface area contributed by atoms with Crippen molar-refractivity contribution in [2.75, 3.05) is 20.6 Å². The molecule has 1 aliphatic rings. The van der Waals surface area contributed by atoms with Crippen molar-refractivity contribution in [2.45, 2.75) is 38.8 Å². The number of carbonyl (C=O) groups is 2. The van der Waals surface area contributed by atoms with Crippen LogP contribution >= 0.6 is 0 Å². The third kappa shape index (κ3) is 2.87. The van der Waals surface area contributed by atoms with Crippen molar-refractivity contribution in [1.29, 1.82) is 0 Å². The number of hydrogen-bond donors (Lipinski definition) is 0. The van der Waals surface area contributed by atoms with Gasteiger partial charge in [0, 0.05) is 20.6 Å². The fourth-order valence-electron chi connectivity index (χ4n) is 1.81. The summed E-state index contributed by atoms with van der Waals surface area (Å²) in [5.41, 5.74) is 0. The van der Waals surface area contributed by atoms with E-state index in [1.54, 1.807) is 27.9 Å². The monoisotopic (exact) mass is 228 g/mol. The van der Waals surface area contributed by atoms with Crippen LogP contribution in [0, 0.1) is 0 Å². The number of likely N-dealkylation sites (tertiary alicyclic amines) is 1. The van der Waals surface area contributed by atoms with E-state index in [-0.39, 0.29) is 24.1 Å². The van der Waals surface area contributed by atoms with Crippen molar-refractivity contribution < 1.29 is 14.3 Å². The van der Waals surface area contributed by atoms with Gasteiger partial charge in [-0.1, -0.05) is 0 Å². The first-order valence-corrected chi connectivity index (χ1v) is 5.62. The highest BCUT2D eigenvalue weighted by Crippen LogP contribution is 2.20. The molecule has 0 spiro atoms. The molecule has 1 rings (SSSR count). The molecule has 1 saturated heterocycles. The Morgan fingerprint density at radius 2 is 2.00 bits per heavy atom. The Balaban J connectivity index is 2.65. The van der Waals surface area contributed by atoms with Crippen LogP contribution in [0.5, 0.6) is 0 Å². The van der Waals surface area contributed by atoms with Crippen LogP contribution in [-0.2, 0) is 9.53 Å². The first-order chi connectivity index (χ1) is 7.43. The number of hydrogen-bond acceptors (Lipinski definition) is 3. The highest BCUT2D eigenvalue weighted by Gasteiger charge is 2.36. The van der Waals surface area contributed by atoms with E-state index in [1.165, 1.54) is 9.80 Å². The van der Waals surface area contributed by atoms with Crippen LogP contribution in [0.15, 0.2) is 0 Å². The van der Waals surface area contributed by atoms with Gasteiger partial charge in [-0.05, 0) is 26.7 Å². The van der Waals surface area contributed by atoms with Crippen LogP contribution < -0.4 is 0 Å². The molecule has 0 aliphatic carbocycles. The minimum Gasteiger partial charge on any atom is -0.447 e. The van der Waals surface area contributed by atoms with E-state index in [1.807, 2.05) is 0 Å². The third-order valence-corrected chi connectivity index (χ3v) is 2.55. The standard InChI is InChI=1S/C11H20N2O3/c1-8(2)16-11(15)13-7-5-6-9(13)10(14)12(3)4/h8-9H,5-7H2,1-4H3. The zero-order chi connectivity index (χ0) is 12.3. The van der Waals surface area contributed by atoms with Gasteiger partial charge in [-0.2, -0.15) is 0 Å². The number of ether oxygens (including phenoxy) is 1. The van der Waals surface area contributed by atoms with E-state index in [0.29, 0.717) is 6.54 Å². The largest absolute Gasteiger partial charge is 0.447 e. The maximum Gasteiger partial charge on any atom is 0.410 e. The summed E-state index contributed by atoms with van der Waals surface area (Å²) in [6.07, 6.45) is 1.05. The molecule has 1 atom stereocenters. The molecule has 2 amide bonds. The van der Waals surface area contributed by atoms with E-state index in [2.05, 4.69) is 0 Å². The molecule has 5 nitrogen and oxygen atoms in total. The molecule has 0 aromatic carbocycles. The van der Waals surface area contributed by atoms with Crippen molar-refractivity contribution in [2.24, 2.45) is 0 Å². The first-order valence-electron chi connectivity index (χ1n) is 5.62. The second-order valence-corrected chi connectivity index (χ2v) is 4.52. The third-order valence-electron chi connectivity index (χ3n) is 2.55. The molecular weight excluding hydrogens is 208 g/mol. The van der Waals surface area contributed by atoms with Gasteiger partial charge < -0.3 is 9.64 Å². The minimum absolute atomic E-state index is 0.0294. The molecule has 0 N–H and O–H groups in total. The van der Waals surface area contributed by atoms with Gasteiger partial charge in [0.25, 0.3) is 0 Å². The second kappa shape index (κ2) is 5.18. The summed E-state index contributed by atoms with van der Waals surface area (Å²) in [6, 6.07) is -0.346. The van der Waals surface area contributed by atoms with Crippen LogP contribution in [0.1, 0.15) is 26.7 Å². The Hall–Kier alpha value is -1.26. The van der Waals surface area contributed by atoms with Crippen LogP contribution in [-0.4, -0.2) is 54.6 Å². The van der Waals surface area contributed by atoms with Crippen LogP contribution in [0.2, 0.25) is 0 Å². The second-order valence-electron chi connectivity index (χ2n) is 4.52. The molecule has 0 saturated carbocycles. The molecule has 16 heavy (non-hydrogen) atoms. The highest BCUT2D eigenvalue weighted by molar-refractivity contribution is 5.85. The molecule has 0 bridgehead atoms. The van der Waals surface area contributed by atoms with Gasteiger partial charge in [0.05, 0.1) is 6.10 Å². The summed E-state index contributed by atoms with van der Waals surface area (Å²) in [5.74, 6) is -0.0294. The lowest BCUT2D eigenvalue weighted by molar-refractivity contribution is -0.133. The molecule has 1 heterocycles. The van der Waals surface area contributed by atoms with Crippen molar-refractivity contribution >= 4 is 12.0 Å². The van der Waals surface area contributed by atoms with Gasteiger partial charge >= 0.3 is 6.09 Å². The van der Waals surface area contributed by atoms with Crippen molar-refractivity contribution in [3.63, 3.8) is 0 Å². The summed E-state index contributed by atoms with van der Waals surface area (Å²) in [4.78, 5) is 26.6. The zero-order valence-electron chi connectivity index (χ0n) is 10.4. The van der Waals surface area contributed by atoms with Crippen molar-refractivity contribution in [3.05, 3.63) is 0 Å². The van der Waals surface area contributed by atoms with Gasteiger partial charge in [-0.15, -0.1) is 0 Å². The Bertz CT molecular complexity index is 276. The molecule has 1 unspecified atom stereocenters. The van der Waals surface area contributed by atoms with Crippen molar-refractivity contribution in [3.8, 4) is 0 Å². The fourth-order valence-corrected chi connectivity index (χ4v) is 1.81. The summed E-state index contributed by atoms with van der Waals surface area (Å²) in [6.45, 7) is 4.21. The maximum absolute atomic E-state index is 11.8. The van der Waals surface area contributed by atoms with Crippen LogP contribution in [0.25, 0.3) is 0 Å². The molecule has 0 aromatic heterocycles. The zero-order valence-corrected chi connectivity index (χ0v) is 10.4. The van der Waals surface area contributed by atoms with E-state index in [9.17, 15) is 9.59 Å². The SMILES string of the molecule is CC(C)OC(=O)N1CCCC1C(=O)N(C)C. The molecular formula is C11H20N2O3. The predicted molar refractivity (Wildman–Crippen MR) is 60.0 cm³/mol. The average Bonchev–Trinajstić information content (AvgIpc) is 2.63. The van der Waals surface area contributed by atoms with Crippen molar-refractivity contribution in [1.82, 2.24) is 9.80 Å². The molecule has 5 heteroatoms. The van der Waals surface area contributed by atoms with Gasteiger partial charge in [-0.3, -0.25) is 9.69 Å². The predicted octanol–water partition coefficient (Wildman–Crippen LogP) is 1.08. The summed E-state index contributed by atoms with van der Waals surface area (Å²) < 4.78 is 5.11. The Labute approximate surface area is 96.3 Å². The number of amides is 2. The van der Waals surface area contributed by atoms with Gasteiger partial charge in [0.1, 0.15) is 6.04 Å². The lowest BCUT2D eigenvalue weighted by atomic mass is 10.2. The van der Waals surface area contributed by atoms with Gasteiger partial charge in [0.15, 0.2) is 0 Å². The molecule has 1 aliphatic heterocycles. The lowest BCUT2D eigenvalue weighted by Crippen LogP contribution is -2.46. The van der Waals surface area contributed by atoms with E-state index < -0.39 is 0 Å². The van der Waals surface area contributed by atoms with Crippen LogP contribution in [0.4, 0.5) is 4.79 Å². The first kappa shape index (κ1) is 12.8. The number of carbonyl (C=O) groups excluding carboxylic acids is 2. The Kier molecular flexibility index (Phi) is 4.15. The summed E-state index contributed by atoms with van der Waals surface area (Å²) in [7, 11) is 3.40. The van der Waals surface area contributed by atoms with Gasteiger partial charge in [-0.25, -0.2) is 4.79 Å². The number of rotatable bonds is 2. The Morgan fingerprint density at radius 3 is 2.50 bits per heavy atom. The quantitative estimate of drug-likeness (QED) is 0.710. The van der Waals surface area contributed by atoms with Crippen LogP contribution in [0.3, 0.4) is 0 Å². The fraction of sp³-hybridized carbons (Fsp3) is 0.818. The highest BCUT2D eigenvalue weighted by atomic mass is 16.6. The normalized spacial score (nSPS) is 20.1. The summed E-state index contributed by atoms with van der Waals surface area (Å²) >= 11 is 0. The van der Waals surface area contributed by atoms with E-state index in [4.69, 9.17) is 4.74 Å². The number of nitrogens with zero attached hydrogens (tertiary/aromatic N) is 2. The Morgan fingerprint density at radius 1 is 1.38 bits per heavy atom. The molecule has 0 radical (unpaired) electrons. The maximum atomic E-state index is 11.8. The molecule has 1 fully saturated rings. The molecule has 92 valence electrons. The minimum atomic E-state index is -0.382. The topological polar surface area (TPSA) is 49.9 Å². The number of likely N-dealkylation sites (N-methyl/N-ethyl adjacent to an activating group) is 1. The summed E-state index contributed by atoms with van der Waals surface area (Å²) in [5, 5.41) is 0. The van der Waals surface area contributed by atoms with E-state index >= 15 is 0 Å². The molecule has 0 aromatic rings.